The van der Waals surface area contributed by atoms with Gasteiger partial charge in [0.25, 0.3) is 5.69 Å². The number of nitrogens with one attached hydrogen (secondary N) is 1. The third-order valence-corrected chi connectivity index (χ3v) is 5.39. The molecule has 2 aromatic carbocycles. The van der Waals surface area contributed by atoms with Gasteiger partial charge in [-0.2, -0.15) is 0 Å². The first-order valence-electron chi connectivity index (χ1n) is 7.65. The maximum absolute atomic E-state index is 11.0. The van der Waals surface area contributed by atoms with Crippen molar-refractivity contribution in [2.75, 3.05) is 0 Å². The molecule has 2 heterocycles. The van der Waals surface area contributed by atoms with Crippen LogP contribution in [0.25, 0.3) is 28.2 Å². The van der Waals surface area contributed by atoms with Crippen molar-refractivity contribution in [1.29, 1.82) is 0 Å². The number of nitrogens with zero attached hydrogens (tertiary/aromatic N) is 3. The summed E-state index contributed by atoms with van der Waals surface area (Å²) in [6, 6.07) is 14.4. The summed E-state index contributed by atoms with van der Waals surface area (Å²) in [6.45, 7) is 0. The summed E-state index contributed by atoms with van der Waals surface area (Å²) in [6.07, 6.45) is 3.58. The largest absolute Gasteiger partial charge is 0.323 e. The van der Waals surface area contributed by atoms with Crippen molar-refractivity contribution in [1.82, 2.24) is 14.4 Å². The van der Waals surface area contributed by atoms with Gasteiger partial charge in [0.05, 0.1) is 10.6 Å². The second kappa shape index (κ2) is 6.61. The third kappa shape index (κ3) is 2.90. The number of halogens is 1. The monoisotopic (exact) mass is 474 g/mol. The molecular formula is C18H11IN4O2S. The summed E-state index contributed by atoms with van der Waals surface area (Å²) in [7, 11) is 0. The van der Waals surface area contributed by atoms with Crippen molar-refractivity contribution >= 4 is 46.3 Å². The van der Waals surface area contributed by atoms with Gasteiger partial charge in [0, 0.05) is 39.2 Å². The van der Waals surface area contributed by atoms with E-state index in [1.807, 2.05) is 36.5 Å². The van der Waals surface area contributed by atoms with E-state index < -0.39 is 4.92 Å². The molecule has 0 saturated carbocycles. The molecule has 4 rings (SSSR count). The standard InChI is InChI=1S/C18H11IN4O2S/c19-15-7-2-1-6-13(15)14-9-20-18-21-16(10-22(18)17(14)26)11-4-3-5-12(8-11)23(24)25/h1-10H,(H,20,21). The minimum absolute atomic E-state index is 0.0391. The fourth-order valence-electron chi connectivity index (χ4n) is 2.76. The molecule has 0 bridgehead atoms. The third-order valence-electron chi connectivity index (χ3n) is 4.03. The van der Waals surface area contributed by atoms with Gasteiger partial charge in [0.15, 0.2) is 0 Å². The number of nitro groups is 1. The molecular weight excluding hydrogens is 463 g/mol. The quantitative estimate of drug-likeness (QED) is 0.191. The average Bonchev–Trinajstić information content (AvgIpc) is 3.08. The van der Waals surface area contributed by atoms with Crippen LogP contribution in [0.1, 0.15) is 0 Å². The van der Waals surface area contributed by atoms with Crippen LogP contribution < -0.4 is 0 Å². The lowest BCUT2D eigenvalue weighted by Crippen LogP contribution is -1.93. The number of hydrogen-bond acceptors (Lipinski definition) is 4. The van der Waals surface area contributed by atoms with E-state index in [1.165, 1.54) is 12.1 Å². The molecule has 0 radical (unpaired) electrons. The van der Waals surface area contributed by atoms with Gasteiger partial charge in [-0.15, -0.1) is 0 Å². The number of imidazole rings is 1. The molecule has 4 aromatic rings. The number of H-pyrrole nitrogens is 1. The van der Waals surface area contributed by atoms with Gasteiger partial charge in [0.1, 0.15) is 4.64 Å². The zero-order valence-corrected chi connectivity index (χ0v) is 16.2. The Morgan fingerprint density at radius 2 is 1.96 bits per heavy atom. The molecule has 1 N–H and O–H groups in total. The fraction of sp³-hybridized carbons (Fsp3) is 0. The van der Waals surface area contributed by atoms with Crippen molar-refractivity contribution in [3.63, 3.8) is 0 Å². The van der Waals surface area contributed by atoms with Crippen LogP contribution in [0.4, 0.5) is 5.69 Å². The minimum Gasteiger partial charge on any atom is -0.323 e. The van der Waals surface area contributed by atoms with Gasteiger partial charge < -0.3 is 4.98 Å². The predicted molar refractivity (Wildman–Crippen MR) is 111 cm³/mol. The highest BCUT2D eigenvalue weighted by molar-refractivity contribution is 14.1. The SMILES string of the molecule is O=[N+]([O-])c1cccc(-c2cn3c(=S)c(-c4ccccc4I)cnc3[nH]2)c1. The van der Waals surface area contributed by atoms with Gasteiger partial charge >= 0.3 is 0 Å². The minimum atomic E-state index is -0.411. The van der Waals surface area contributed by atoms with Crippen LogP contribution in [-0.2, 0) is 0 Å². The van der Waals surface area contributed by atoms with E-state index in [1.54, 1.807) is 16.7 Å². The Labute approximate surface area is 166 Å². The Balaban J connectivity index is 1.88. The molecule has 8 heteroatoms. The summed E-state index contributed by atoms with van der Waals surface area (Å²) in [5.41, 5.74) is 3.35. The van der Waals surface area contributed by atoms with Crippen LogP contribution in [0, 0.1) is 18.3 Å². The first kappa shape index (κ1) is 16.9. The van der Waals surface area contributed by atoms with Crippen molar-refractivity contribution < 1.29 is 4.92 Å². The molecule has 0 amide bonds. The number of rotatable bonds is 3. The number of nitro benzene ring substituents is 1. The summed E-state index contributed by atoms with van der Waals surface area (Å²) in [4.78, 5) is 18.2. The zero-order chi connectivity index (χ0) is 18.3. The Kier molecular flexibility index (Phi) is 4.29. The zero-order valence-electron chi connectivity index (χ0n) is 13.2. The smallest absolute Gasteiger partial charge is 0.270 e. The lowest BCUT2D eigenvalue weighted by Gasteiger charge is -2.05. The highest BCUT2D eigenvalue weighted by atomic mass is 127. The first-order valence-corrected chi connectivity index (χ1v) is 9.13. The fourth-order valence-corrected chi connectivity index (χ4v) is 3.74. The molecule has 0 aliphatic rings. The number of aromatic amines is 1. The lowest BCUT2D eigenvalue weighted by molar-refractivity contribution is -0.384. The van der Waals surface area contributed by atoms with Gasteiger partial charge in [-0.25, -0.2) is 4.98 Å². The van der Waals surface area contributed by atoms with Crippen LogP contribution in [-0.4, -0.2) is 19.3 Å². The van der Waals surface area contributed by atoms with Crippen LogP contribution in [0.3, 0.4) is 0 Å². The Morgan fingerprint density at radius 3 is 2.73 bits per heavy atom. The molecule has 0 spiro atoms. The Morgan fingerprint density at radius 1 is 1.15 bits per heavy atom. The normalized spacial score (nSPS) is 11.0. The number of hydrogen-bond donors (Lipinski definition) is 1. The molecule has 0 saturated heterocycles. The summed E-state index contributed by atoms with van der Waals surface area (Å²) < 4.78 is 3.52. The topological polar surface area (TPSA) is 76.2 Å². The van der Waals surface area contributed by atoms with Crippen LogP contribution in [0.15, 0.2) is 60.9 Å². The molecule has 0 atom stereocenters. The second-order valence-corrected chi connectivity index (χ2v) is 7.17. The lowest BCUT2D eigenvalue weighted by atomic mass is 10.1. The predicted octanol–water partition coefficient (Wildman–Crippen LogP) is 5.24. The molecule has 0 aliphatic heterocycles. The van der Waals surface area contributed by atoms with Crippen molar-refractivity contribution in [2.45, 2.75) is 0 Å². The van der Waals surface area contributed by atoms with Crippen LogP contribution in [0.2, 0.25) is 0 Å². The Hall–Kier alpha value is -2.59. The van der Waals surface area contributed by atoms with Gasteiger partial charge in [-0.3, -0.25) is 14.5 Å². The van der Waals surface area contributed by atoms with Crippen molar-refractivity contribution in [3.8, 4) is 22.4 Å². The molecule has 6 nitrogen and oxygen atoms in total. The number of non-ortho nitro benzene ring substituents is 1. The highest BCUT2D eigenvalue weighted by Crippen LogP contribution is 2.28. The Bertz CT molecular complexity index is 1220. The highest BCUT2D eigenvalue weighted by Gasteiger charge is 2.12. The van der Waals surface area contributed by atoms with E-state index in [0.29, 0.717) is 21.7 Å². The maximum Gasteiger partial charge on any atom is 0.270 e. The molecule has 0 fully saturated rings. The van der Waals surface area contributed by atoms with Crippen molar-refractivity contribution in [3.05, 3.63) is 79.2 Å². The van der Waals surface area contributed by atoms with E-state index in [0.717, 1.165) is 14.7 Å². The molecule has 2 aromatic heterocycles. The van der Waals surface area contributed by atoms with E-state index in [9.17, 15) is 10.1 Å². The number of aromatic nitrogens is 3. The van der Waals surface area contributed by atoms with Crippen LogP contribution >= 0.6 is 34.8 Å². The van der Waals surface area contributed by atoms with Crippen LogP contribution in [0.5, 0.6) is 0 Å². The van der Waals surface area contributed by atoms with E-state index in [2.05, 4.69) is 32.6 Å². The summed E-state index contributed by atoms with van der Waals surface area (Å²) in [5, 5.41) is 11.0. The average molecular weight is 474 g/mol. The van der Waals surface area contributed by atoms with E-state index in [4.69, 9.17) is 12.2 Å². The summed E-state index contributed by atoms with van der Waals surface area (Å²) >= 11 is 7.93. The first-order chi connectivity index (χ1) is 12.5. The molecule has 0 unspecified atom stereocenters. The number of benzene rings is 2. The number of fused-ring (bicyclic) bond motifs is 1. The summed E-state index contributed by atoms with van der Waals surface area (Å²) in [5.74, 6) is 0.589. The van der Waals surface area contributed by atoms with Gasteiger partial charge in [-0.05, 0) is 34.2 Å². The van der Waals surface area contributed by atoms with E-state index in [-0.39, 0.29) is 5.69 Å². The van der Waals surface area contributed by atoms with Gasteiger partial charge in [-0.1, -0.05) is 42.5 Å². The molecule has 0 aliphatic carbocycles. The molecule has 128 valence electrons. The second-order valence-electron chi connectivity index (χ2n) is 5.63. The van der Waals surface area contributed by atoms with Gasteiger partial charge in [0.2, 0.25) is 5.78 Å². The maximum atomic E-state index is 11.0. The van der Waals surface area contributed by atoms with E-state index >= 15 is 0 Å². The molecule has 26 heavy (non-hydrogen) atoms. The van der Waals surface area contributed by atoms with Crippen molar-refractivity contribution in [2.24, 2.45) is 0 Å².